The van der Waals surface area contributed by atoms with Crippen molar-refractivity contribution in [3.8, 4) is 5.75 Å². The van der Waals surface area contributed by atoms with Crippen molar-refractivity contribution in [3.05, 3.63) is 28.3 Å². The Morgan fingerprint density at radius 2 is 2.00 bits per heavy atom. The Labute approximate surface area is 125 Å². The number of benzene rings is 1. The van der Waals surface area contributed by atoms with Crippen LogP contribution in [0.15, 0.2) is 18.2 Å². The van der Waals surface area contributed by atoms with Crippen molar-refractivity contribution in [2.45, 2.75) is 33.1 Å². The lowest BCUT2D eigenvalue weighted by Gasteiger charge is -2.09. The second-order valence-corrected chi connectivity index (χ2v) is 4.62. The maximum Gasteiger partial charge on any atom is 0.311 e. The summed E-state index contributed by atoms with van der Waals surface area (Å²) in [4.78, 5) is 10.4. The first-order chi connectivity index (χ1) is 10.2. The molecule has 0 radical (unpaired) electrons. The standard InChI is InChI=1S/C15H24N2O4/c1-3-5-10-20-11-6-9-16-13-7-8-14(17(18)19)15(12-13)21-4-2/h7-8,12,16H,3-6,9-11H2,1-2H3. The van der Waals surface area contributed by atoms with Gasteiger partial charge in [-0.2, -0.15) is 0 Å². The lowest BCUT2D eigenvalue weighted by atomic mass is 10.2. The van der Waals surface area contributed by atoms with Crippen LogP contribution in [0.1, 0.15) is 33.1 Å². The Morgan fingerprint density at radius 3 is 2.67 bits per heavy atom. The highest BCUT2D eigenvalue weighted by molar-refractivity contribution is 5.57. The largest absolute Gasteiger partial charge is 0.487 e. The number of unbranched alkanes of at least 4 members (excludes halogenated alkanes) is 1. The summed E-state index contributed by atoms with van der Waals surface area (Å²) in [6.07, 6.45) is 3.12. The van der Waals surface area contributed by atoms with Crippen molar-refractivity contribution in [1.82, 2.24) is 0 Å². The van der Waals surface area contributed by atoms with Crippen LogP contribution in [0.3, 0.4) is 0 Å². The first-order valence-electron chi connectivity index (χ1n) is 7.41. The van der Waals surface area contributed by atoms with Crippen LogP contribution in [-0.2, 0) is 4.74 Å². The summed E-state index contributed by atoms with van der Waals surface area (Å²) in [7, 11) is 0. The van der Waals surface area contributed by atoms with E-state index >= 15 is 0 Å². The van der Waals surface area contributed by atoms with Gasteiger partial charge >= 0.3 is 5.69 Å². The minimum atomic E-state index is -0.434. The fourth-order valence-corrected chi connectivity index (χ4v) is 1.80. The van der Waals surface area contributed by atoms with Gasteiger partial charge < -0.3 is 14.8 Å². The Hall–Kier alpha value is -1.82. The number of rotatable bonds is 11. The van der Waals surface area contributed by atoms with E-state index in [4.69, 9.17) is 9.47 Å². The summed E-state index contributed by atoms with van der Waals surface area (Å²) < 4.78 is 10.8. The predicted octanol–water partition coefficient (Wildman–Crippen LogP) is 3.61. The third-order valence-electron chi connectivity index (χ3n) is 2.89. The van der Waals surface area contributed by atoms with E-state index in [1.165, 1.54) is 6.07 Å². The monoisotopic (exact) mass is 296 g/mol. The molecule has 0 heterocycles. The van der Waals surface area contributed by atoms with Crippen LogP contribution in [-0.4, -0.2) is 31.3 Å². The van der Waals surface area contributed by atoms with Gasteiger partial charge in [0.05, 0.1) is 11.5 Å². The quantitative estimate of drug-likeness (QED) is 0.383. The zero-order chi connectivity index (χ0) is 15.5. The van der Waals surface area contributed by atoms with E-state index in [1.807, 2.05) is 0 Å². The maximum atomic E-state index is 10.9. The average molecular weight is 296 g/mol. The van der Waals surface area contributed by atoms with E-state index in [2.05, 4.69) is 12.2 Å². The van der Waals surface area contributed by atoms with E-state index in [0.29, 0.717) is 12.4 Å². The third-order valence-corrected chi connectivity index (χ3v) is 2.89. The molecule has 1 rings (SSSR count). The van der Waals surface area contributed by atoms with Gasteiger partial charge in [0.15, 0.2) is 5.75 Å². The maximum absolute atomic E-state index is 10.9. The average Bonchev–Trinajstić information content (AvgIpc) is 2.46. The van der Waals surface area contributed by atoms with Gasteiger partial charge in [0.1, 0.15) is 0 Å². The Bertz CT molecular complexity index is 438. The summed E-state index contributed by atoms with van der Waals surface area (Å²) in [6, 6.07) is 4.82. The fraction of sp³-hybridized carbons (Fsp3) is 0.600. The molecule has 1 aromatic rings. The van der Waals surface area contributed by atoms with Crippen molar-refractivity contribution in [2.24, 2.45) is 0 Å². The minimum absolute atomic E-state index is 0.00898. The summed E-state index contributed by atoms with van der Waals surface area (Å²) >= 11 is 0. The molecule has 0 bridgehead atoms. The van der Waals surface area contributed by atoms with Gasteiger partial charge in [-0.3, -0.25) is 10.1 Å². The normalized spacial score (nSPS) is 10.4. The number of anilines is 1. The van der Waals surface area contributed by atoms with Crippen molar-refractivity contribution >= 4 is 11.4 Å². The molecule has 0 aliphatic carbocycles. The van der Waals surface area contributed by atoms with E-state index in [1.54, 1.807) is 19.1 Å². The molecule has 6 nitrogen and oxygen atoms in total. The molecule has 6 heteroatoms. The number of hydrogen-bond donors (Lipinski definition) is 1. The number of nitro benzene ring substituents is 1. The van der Waals surface area contributed by atoms with E-state index in [0.717, 1.165) is 44.7 Å². The number of nitrogens with one attached hydrogen (secondary N) is 1. The van der Waals surface area contributed by atoms with Gasteiger partial charge in [-0.05, 0) is 25.8 Å². The van der Waals surface area contributed by atoms with Crippen LogP contribution in [0, 0.1) is 10.1 Å². The highest BCUT2D eigenvalue weighted by Crippen LogP contribution is 2.29. The molecule has 0 amide bonds. The molecule has 0 atom stereocenters. The Morgan fingerprint density at radius 1 is 1.24 bits per heavy atom. The first kappa shape index (κ1) is 17.2. The topological polar surface area (TPSA) is 73.6 Å². The number of hydrogen-bond acceptors (Lipinski definition) is 5. The fourth-order valence-electron chi connectivity index (χ4n) is 1.80. The molecular weight excluding hydrogens is 272 g/mol. The Balaban J connectivity index is 2.41. The number of nitrogens with zero attached hydrogens (tertiary/aromatic N) is 1. The summed E-state index contributed by atoms with van der Waals surface area (Å²) in [6.45, 7) is 6.62. The molecule has 0 unspecified atom stereocenters. The molecular formula is C15H24N2O4. The van der Waals surface area contributed by atoms with Crippen molar-refractivity contribution in [2.75, 3.05) is 31.7 Å². The van der Waals surface area contributed by atoms with Gasteiger partial charge in [0.2, 0.25) is 0 Å². The summed E-state index contributed by atoms with van der Waals surface area (Å²) in [5.41, 5.74) is 0.808. The van der Waals surface area contributed by atoms with Crippen molar-refractivity contribution < 1.29 is 14.4 Å². The number of nitro groups is 1. The second kappa shape index (κ2) is 9.99. The lowest BCUT2D eigenvalue weighted by Crippen LogP contribution is -2.07. The van der Waals surface area contributed by atoms with Crippen molar-refractivity contribution in [1.29, 1.82) is 0 Å². The second-order valence-electron chi connectivity index (χ2n) is 4.62. The van der Waals surface area contributed by atoms with E-state index in [9.17, 15) is 10.1 Å². The van der Waals surface area contributed by atoms with Crippen LogP contribution in [0.25, 0.3) is 0 Å². The zero-order valence-corrected chi connectivity index (χ0v) is 12.8. The van der Waals surface area contributed by atoms with Gasteiger partial charge in [-0.15, -0.1) is 0 Å². The molecule has 0 fully saturated rings. The molecule has 21 heavy (non-hydrogen) atoms. The van der Waals surface area contributed by atoms with Crippen molar-refractivity contribution in [3.63, 3.8) is 0 Å². The molecule has 0 saturated heterocycles. The zero-order valence-electron chi connectivity index (χ0n) is 12.8. The van der Waals surface area contributed by atoms with Crippen LogP contribution in [0.4, 0.5) is 11.4 Å². The highest BCUT2D eigenvalue weighted by Gasteiger charge is 2.14. The lowest BCUT2D eigenvalue weighted by molar-refractivity contribution is -0.385. The highest BCUT2D eigenvalue weighted by atomic mass is 16.6. The van der Waals surface area contributed by atoms with Crippen LogP contribution < -0.4 is 10.1 Å². The smallest absolute Gasteiger partial charge is 0.311 e. The van der Waals surface area contributed by atoms with Crippen LogP contribution in [0.5, 0.6) is 5.75 Å². The van der Waals surface area contributed by atoms with Crippen LogP contribution in [0.2, 0.25) is 0 Å². The van der Waals surface area contributed by atoms with Crippen LogP contribution >= 0.6 is 0 Å². The molecule has 1 aromatic carbocycles. The molecule has 0 aromatic heterocycles. The third kappa shape index (κ3) is 6.44. The SMILES string of the molecule is CCCCOCCCNc1ccc([N+](=O)[O-])c(OCC)c1. The molecule has 118 valence electrons. The first-order valence-corrected chi connectivity index (χ1v) is 7.41. The van der Waals surface area contributed by atoms with E-state index in [-0.39, 0.29) is 5.69 Å². The van der Waals surface area contributed by atoms with Gasteiger partial charge in [-0.1, -0.05) is 13.3 Å². The minimum Gasteiger partial charge on any atom is -0.487 e. The van der Waals surface area contributed by atoms with Gasteiger partial charge in [0.25, 0.3) is 0 Å². The predicted molar refractivity (Wildman–Crippen MR) is 83.1 cm³/mol. The van der Waals surface area contributed by atoms with Gasteiger partial charge in [0, 0.05) is 37.6 Å². The summed E-state index contributed by atoms with van der Waals surface area (Å²) in [5.74, 6) is 0.298. The number of ether oxygens (including phenoxy) is 2. The molecule has 0 aliphatic heterocycles. The van der Waals surface area contributed by atoms with Gasteiger partial charge in [-0.25, -0.2) is 0 Å². The van der Waals surface area contributed by atoms with E-state index < -0.39 is 4.92 Å². The molecule has 1 N–H and O–H groups in total. The molecule has 0 aliphatic rings. The molecule has 0 saturated carbocycles. The molecule has 0 spiro atoms. The summed E-state index contributed by atoms with van der Waals surface area (Å²) in [5, 5.41) is 14.1. The Kier molecular flexibility index (Phi) is 8.19.